The molecule has 0 bridgehead atoms. The summed E-state index contributed by atoms with van der Waals surface area (Å²) >= 11 is 0. The quantitative estimate of drug-likeness (QED) is 0.716. The maximum absolute atomic E-state index is 13.3. The fourth-order valence-corrected chi connectivity index (χ4v) is 3.97. The van der Waals surface area contributed by atoms with Crippen LogP contribution in [0, 0.1) is 0 Å². The summed E-state index contributed by atoms with van der Waals surface area (Å²) in [7, 11) is 1.82. The van der Waals surface area contributed by atoms with Crippen molar-refractivity contribution >= 4 is 11.8 Å². The molecule has 1 fully saturated rings. The van der Waals surface area contributed by atoms with Crippen molar-refractivity contribution in [1.29, 1.82) is 0 Å². The minimum atomic E-state index is -0.868. The number of aryl methyl sites for hydroxylation is 1. The average molecular weight is 391 g/mol. The van der Waals surface area contributed by atoms with Gasteiger partial charge in [0.15, 0.2) is 0 Å². The van der Waals surface area contributed by atoms with Gasteiger partial charge in [0.2, 0.25) is 11.7 Å². The summed E-state index contributed by atoms with van der Waals surface area (Å²) in [6, 6.07) is 8.78. The molecule has 29 heavy (non-hydrogen) atoms. The van der Waals surface area contributed by atoms with Crippen molar-refractivity contribution in [1.82, 2.24) is 29.4 Å². The minimum absolute atomic E-state index is 0.0920. The number of carbonyl (C=O) groups excluding carboxylic acids is 2. The molecule has 2 aromatic heterocycles. The van der Waals surface area contributed by atoms with Gasteiger partial charge in [0, 0.05) is 37.2 Å². The summed E-state index contributed by atoms with van der Waals surface area (Å²) in [6.45, 7) is 0.359. The van der Waals surface area contributed by atoms with E-state index in [0.29, 0.717) is 24.4 Å². The summed E-state index contributed by atoms with van der Waals surface area (Å²) in [4.78, 5) is 31.6. The minimum Gasteiger partial charge on any atom is -0.368 e. The first kappa shape index (κ1) is 17.6. The number of primary amides is 1. The second-order valence-corrected chi connectivity index (χ2v) is 7.54. The third-order valence-electron chi connectivity index (χ3n) is 5.59. The van der Waals surface area contributed by atoms with Gasteiger partial charge in [-0.05, 0) is 25.0 Å². The van der Waals surface area contributed by atoms with Crippen molar-refractivity contribution in [3.8, 4) is 5.69 Å². The molecule has 2 aliphatic rings. The topological polar surface area (TPSA) is 112 Å². The van der Waals surface area contributed by atoms with E-state index in [-0.39, 0.29) is 11.7 Å². The Hall–Kier alpha value is -3.49. The number of para-hydroxylation sites is 1. The third kappa shape index (κ3) is 2.89. The molecule has 0 saturated heterocycles. The number of benzene rings is 1. The van der Waals surface area contributed by atoms with Crippen molar-refractivity contribution in [2.75, 3.05) is 6.54 Å². The molecule has 1 unspecified atom stereocenters. The molecule has 9 heteroatoms. The number of rotatable bonds is 4. The standard InChI is InChI=1S/C20H21N7O2/c1-25-15-9-10-26(16(17(21)28)14(15)11-22-25)20(29)18-23-19(12-7-8-12)27(24-18)13-5-3-2-4-6-13/h2-6,11-12,16H,7-10H2,1H3,(H2,21,28). The van der Waals surface area contributed by atoms with Crippen LogP contribution in [-0.4, -0.2) is 47.8 Å². The molecule has 3 aromatic rings. The predicted octanol–water partition coefficient (Wildman–Crippen LogP) is 1.10. The van der Waals surface area contributed by atoms with Gasteiger partial charge in [-0.2, -0.15) is 5.10 Å². The summed E-state index contributed by atoms with van der Waals surface area (Å²) in [6.07, 6.45) is 4.27. The first-order valence-corrected chi connectivity index (χ1v) is 9.68. The third-order valence-corrected chi connectivity index (χ3v) is 5.59. The fraction of sp³-hybridized carbons (Fsp3) is 0.350. The van der Waals surface area contributed by atoms with Crippen LogP contribution < -0.4 is 5.73 Å². The first-order valence-electron chi connectivity index (χ1n) is 9.68. The number of hydrogen-bond donors (Lipinski definition) is 1. The zero-order chi connectivity index (χ0) is 20.1. The van der Waals surface area contributed by atoms with E-state index in [9.17, 15) is 9.59 Å². The van der Waals surface area contributed by atoms with Gasteiger partial charge in [-0.15, -0.1) is 5.10 Å². The van der Waals surface area contributed by atoms with Crippen LogP contribution in [0.15, 0.2) is 36.5 Å². The Morgan fingerprint density at radius 3 is 2.62 bits per heavy atom. The van der Waals surface area contributed by atoms with Crippen molar-refractivity contribution in [2.45, 2.75) is 31.2 Å². The van der Waals surface area contributed by atoms with E-state index in [1.807, 2.05) is 37.4 Å². The summed E-state index contributed by atoms with van der Waals surface area (Å²) in [5.74, 6) is 0.211. The maximum Gasteiger partial charge on any atom is 0.294 e. The largest absolute Gasteiger partial charge is 0.368 e. The van der Waals surface area contributed by atoms with Crippen LogP contribution >= 0.6 is 0 Å². The van der Waals surface area contributed by atoms with Gasteiger partial charge in [-0.25, -0.2) is 9.67 Å². The molecule has 9 nitrogen and oxygen atoms in total. The zero-order valence-corrected chi connectivity index (χ0v) is 16.0. The van der Waals surface area contributed by atoms with Crippen LogP contribution in [0.3, 0.4) is 0 Å². The highest BCUT2D eigenvalue weighted by molar-refractivity contribution is 5.95. The highest BCUT2D eigenvalue weighted by Gasteiger charge is 2.39. The van der Waals surface area contributed by atoms with Crippen LogP contribution in [0.4, 0.5) is 0 Å². The number of hydrogen-bond acceptors (Lipinski definition) is 5. The lowest BCUT2D eigenvalue weighted by atomic mass is 9.98. The van der Waals surface area contributed by atoms with Crippen LogP contribution in [0.5, 0.6) is 0 Å². The van der Waals surface area contributed by atoms with E-state index in [0.717, 1.165) is 30.0 Å². The van der Waals surface area contributed by atoms with Crippen LogP contribution in [0.2, 0.25) is 0 Å². The molecule has 3 heterocycles. The van der Waals surface area contributed by atoms with E-state index in [1.54, 1.807) is 15.6 Å². The Labute approximate surface area is 167 Å². The number of nitrogens with zero attached hydrogens (tertiary/aromatic N) is 6. The number of amides is 2. The van der Waals surface area contributed by atoms with E-state index in [2.05, 4.69) is 15.2 Å². The van der Waals surface area contributed by atoms with Crippen molar-refractivity contribution in [2.24, 2.45) is 12.8 Å². The normalized spacial score (nSPS) is 18.5. The lowest BCUT2D eigenvalue weighted by molar-refractivity contribution is -0.123. The molecule has 1 aliphatic heterocycles. The van der Waals surface area contributed by atoms with Gasteiger partial charge >= 0.3 is 0 Å². The van der Waals surface area contributed by atoms with Gasteiger partial charge in [0.1, 0.15) is 11.9 Å². The van der Waals surface area contributed by atoms with Crippen LogP contribution in [0.1, 0.15) is 52.5 Å². The van der Waals surface area contributed by atoms with Gasteiger partial charge in [-0.3, -0.25) is 14.3 Å². The molecule has 2 amide bonds. The van der Waals surface area contributed by atoms with Crippen molar-refractivity contribution in [3.63, 3.8) is 0 Å². The Morgan fingerprint density at radius 1 is 1.17 bits per heavy atom. The smallest absolute Gasteiger partial charge is 0.294 e. The second kappa shape index (κ2) is 6.54. The predicted molar refractivity (Wildman–Crippen MR) is 103 cm³/mol. The Morgan fingerprint density at radius 2 is 1.93 bits per heavy atom. The molecule has 1 aromatic carbocycles. The van der Waals surface area contributed by atoms with Gasteiger partial charge in [0.25, 0.3) is 5.91 Å². The van der Waals surface area contributed by atoms with Crippen LogP contribution in [-0.2, 0) is 18.3 Å². The molecule has 1 atom stereocenters. The van der Waals surface area contributed by atoms with E-state index in [1.165, 1.54) is 4.90 Å². The second-order valence-electron chi connectivity index (χ2n) is 7.54. The summed E-state index contributed by atoms with van der Waals surface area (Å²) in [5.41, 5.74) is 8.11. The number of nitrogens with two attached hydrogens (primary N) is 1. The highest BCUT2D eigenvalue weighted by atomic mass is 16.2. The summed E-state index contributed by atoms with van der Waals surface area (Å²) < 4.78 is 3.46. The van der Waals surface area contributed by atoms with E-state index < -0.39 is 11.9 Å². The Balaban J connectivity index is 1.53. The van der Waals surface area contributed by atoms with Gasteiger partial charge in [0.05, 0.1) is 11.9 Å². The van der Waals surface area contributed by atoms with Gasteiger partial charge in [-0.1, -0.05) is 18.2 Å². The number of carbonyl (C=O) groups is 2. The van der Waals surface area contributed by atoms with E-state index in [4.69, 9.17) is 5.73 Å². The van der Waals surface area contributed by atoms with Crippen LogP contribution in [0.25, 0.3) is 5.69 Å². The average Bonchev–Trinajstić information content (AvgIpc) is 3.37. The lowest BCUT2D eigenvalue weighted by Crippen LogP contribution is -2.46. The number of aromatic nitrogens is 5. The Kier molecular flexibility index (Phi) is 3.97. The first-order chi connectivity index (χ1) is 14.0. The molecular formula is C20H21N7O2. The SMILES string of the molecule is Cn1ncc2c1CCN(C(=O)c1nc(C3CC3)n(-c3ccccc3)n1)C2C(N)=O. The molecule has 5 rings (SSSR count). The monoisotopic (exact) mass is 391 g/mol. The lowest BCUT2D eigenvalue weighted by Gasteiger charge is -2.33. The molecule has 2 N–H and O–H groups in total. The summed E-state index contributed by atoms with van der Waals surface area (Å²) in [5, 5.41) is 8.74. The van der Waals surface area contributed by atoms with Crippen molar-refractivity contribution < 1.29 is 9.59 Å². The van der Waals surface area contributed by atoms with Crippen molar-refractivity contribution in [3.05, 3.63) is 59.4 Å². The van der Waals surface area contributed by atoms with E-state index >= 15 is 0 Å². The molecule has 148 valence electrons. The molecule has 0 spiro atoms. The number of fused-ring (bicyclic) bond motifs is 1. The fourth-order valence-electron chi connectivity index (χ4n) is 3.97. The molecule has 1 aliphatic carbocycles. The maximum atomic E-state index is 13.3. The zero-order valence-electron chi connectivity index (χ0n) is 16.0. The van der Waals surface area contributed by atoms with Gasteiger partial charge < -0.3 is 10.6 Å². The highest BCUT2D eigenvalue weighted by Crippen LogP contribution is 2.40. The molecule has 1 saturated carbocycles. The molecule has 0 radical (unpaired) electrons. The Bertz CT molecular complexity index is 1100. The molecular weight excluding hydrogens is 370 g/mol.